The molecule has 0 aromatic heterocycles. The van der Waals surface area contributed by atoms with Crippen LogP contribution in [-0.2, 0) is 4.74 Å². The fraction of sp³-hybridized carbons (Fsp3) is 0.667. The molecule has 0 aromatic carbocycles. The van der Waals surface area contributed by atoms with Gasteiger partial charge in [-0.15, -0.1) is 0 Å². The van der Waals surface area contributed by atoms with Crippen LogP contribution < -0.4 is 11.1 Å². The lowest BCUT2D eigenvalue weighted by Gasteiger charge is -2.33. The van der Waals surface area contributed by atoms with E-state index in [1.165, 1.54) is 17.2 Å². The molecule has 2 aliphatic rings. The van der Waals surface area contributed by atoms with Crippen molar-refractivity contribution in [1.29, 1.82) is 0 Å². The van der Waals surface area contributed by atoms with Gasteiger partial charge in [-0.2, -0.15) is 0 Å². The van der Waals surface area contributed by atoms with Crippen molar-refractivity contribution >= 4 is 6.03 Å². The summed E-state index contributed by atoms with van der Waals surface area (Å²) in [6, 6.07) is -0.631. The summed E-state index contributed by atoms with van der Waals surface area (Å²) in [5, 5.41) is 30.0. The first-order valence-electron chi connectivity index (χ1n) is 5.18. The van der Waals surface area contributed by atoms with Crippen molar-refractivity contribution in [2.45, 2.75) is 30.7 Å². The van der Waals surface area contributed by atoms with Gasteiger partial charge in [-0.25, -0.2) is 4.79 Å². The van der Waals surface area contributed by atoms with E-state index in [0.717, 1.165) is 0 Å². The fourth-order valence-corrected chi connectivity index (χ4v) is 1.82. The van der Waals surface area contributed by atoms with E-state index in [4.69, 9.17) is 15.6 Å². The monoisotopic (exact) mass is 245 g/mol. The van der Waals surface area contributed by atoms with Gasteiger partial charge in [0.15, 0.2) is 0 Å². The molecule has 1 saturated heterocycles. The first-order valence-corrected chi connectivity index (χ1v) is 5.18. The van der Waals surface area contributed by atoms with Crippen LogP contribution in [0.4, 0.5) is 4.79 Å². The smallest absolute Gasteiger partial charge is 0.327 e. The number of urea groups is 1. The first-order chi connectivity index (χ1) is 7.93. The molecule has 0 aliphatic carbocycles. The average Bonchev–Trinajstić information content (AvgIpc) is 2.58. The minimum atomic E-state index is -1.87. The molecule has 0 radical (unpaired) electrons. The van der Waals surface area contributed by atoms with E-state index in [2.05, 4.69) is 5.32 Å². The van der Waals surface area contributed by atoms with E-state index in [-0.39, 0.29) is 13.0 Å². The molecule has 2 amide bonds. The van der Waals surface area contributed by atoms with Crippen molar-refractivity contribution in [2.75, 3.05) is 6.61 Å². The number of carbonyl (C=O) groups excluding carboxylic acids is 1. The van der Waals surface area contributed by atoms with E-state index in [1.807, 2.05) is 0 Å². The van der Waals surface area contributed by atoms with Gasteiger partial charge in [-0.3, -0.25) is 16.0 Å². The number of nitrogens with zero attached hydrogens (tertiary/aromatic N) is 1. The second-order valence-electron chi connectivity index (χ2n) is 4.09. The van der Waals surface area contributed by atoms with Crippen LogP contribution in [-0.4, -0.2) is 57.1 Å². The maximum atomic E-state index is 11.6. The molecule has 2 aliphatic heterocycles. The molecule has 0 spiro atoms. The third-order valence-electron chi connectivity index (χ3n) is 2.73. The quantitative estimate of drug-likeness (QED) is 0.345. The zero-order valence-electron chi connectivity index (χ0n) is 8.98. The summed E-state index contributed by atoms with van der Waals surface area (Å²) in [7, 11) is 0. The second-order valence-corrected chi connectivity index (χ2v) is 4.09. The Labute approximate surface area is 97.3 Å². The number of aliphatic hydroxyl groups is 3. The van der Waals surface area contributed by atoms with E-state index < -0.39 is 30.3 Å². The van der Waals surface area contributed by atoms with Crippen molar-refractivity contribution in [3.8, 4) is 0 Å². The topological polar surface area (TPSA) is 128 Å². The first kappa shape index (κ1) is 12.3. The highest BCUT2D eigenvalue weighted by Crippen LogP contribution is 2.24. The average molecular weight is 245 g/mol. The maximum absolute atomic E-state index is 11.6. The molecule has 1 unspecified atom stereocenters. The molecular formula is C9H15N3O5. The normalized spacial score (nSPS) is 41.8. The lowest BCUT2D eigenvalue weighted by molar-refractivity contribution is -0.0585. The van der Waals surface area contributed by atoms with Crippen LogP contribution in [0.25, 0.3) is 0 Å². The van der Waals surface area contributed by atoms with Crippen molar-refractivity contribution in [2.24, 2.45) is 5.73 Å². The van der Waals surface area contributed by atoms with Crippen LogP contribution >= 0.6 is 0 Å². The number of aliphatic hydroxyl groups excluding tert-OH is 2. The molecule has 0 aromatic rings. The SMILES string of the molecule is NC1(O)C=CN([C@H]2C[C@H](O)[C@@H](CO)O2)C(=O)N1. The zero-order valence-corrected chi connectivity index (χ0v) is 8.98. The standard InChI is InChI=1S/C9H15N3O5/c10-9(16)1-2-12(8(15)11-9)7-3-5(14)6(4-13)17-7/h1-2,5-7,13-14,16H,3-4,10H2,(H,11,15)/t5-,6+,7+,9?/m0/s1. The Morgan fingerprint density at radius 3 is 2.94 bits per heavy atom. The third kappa shape index (κ3) is 2.40. The van der Waals surface area contributed by atoms with E-state index in [0.29, 0.717) is 0 Å². The summed E-state index contributed by atoms with van der Waals surface area (Å²) in [5.41, 5.74) is 5.29. The van der Waals surface area contributed by atoms with Crippen LogP contribution in [0.5, 0.6) is 0 Å². The molecule has 17 heavy (non-hydrogen) atoms. The summed E-state index contributed by atoms with van der Waals surface area (Å²) in [4.78, 5) is 12.8. The fourth-order valence-electron chi connectivity index (χ4n) is 1.82. The Hall–Kier alpha value is -1.19. The number of ether oxygens (including phenoxy) is 1. The number of rotatable bonds is 2. The predicted molar refractivity (Wildman–Crippen MR) is 55.0 cm³/mol. The van der Waals surface area contributed by atoms with Crippen molar-refractivity contribution in [1.82, 2.24) is 10.2 Å². The summed E-state index contributed by atoms with van der Waals surface area (Å²) in [6.07, 6.45) is 0.442. The molecule has 2 rings (SSSR count). The minimum Gasteiger partial charge on any atom is -0.394 e. The highest BCUT2D eigenvalue weighted by Gasteiger charge is 2.40. The highest BCUT2D eigenvalue weighted by molar-refractivity contribution is 5.77. The zero-order chi connectivity index (χ0) is 12.6. The number of hydrogen-bond acceptors (Lipinski definition) is 6. The Morgan fingerprint density at radius 2 is 2.41 bits per heavy atom. The van der Waals surface area contributed by atoms with Crippen molar-refractivity contribution < 1.29 is 24.9 Å². The molecule has 1 fully saturated rings. The van der Waals surface area contributed by atoms with Gasteiger partial charge in [0, 0.05) is 12.6 Å². The number of hydrogen-bond donors (Lipinski definition) is 5. The predicted octanol–water partition coefficient (Wildman–Crippen LogP) is -2.40. The number of nitrogens with two attached hydrogens (primary N) is 1. The Bertz CT molecular complexity index is 346. The van der Waals surface area contributed by atoms with Gasteiger partial charge in [-0.1, -0.05) is 0 Å². The van der Waals surface area contributed by atoms with Crippen molar-refractivity contribution in [3.63, 3.8) is 0 Å². The van der Waals surface area contributed by atoms with E-state index >= 15 is 0 Å². The third-order valence-corrected chi connectivity index (χ3v) is 2.73. The summed E-state index contributed by atoms with van der Waals surface area (Å²) in [6.45, 7) is -0.322. The molecule has 0 bridgehead atoms. The molecule has 6 N–H and O–H groups in total. The van der Waals surface area contributed by atoms with Gasteiger partial charge in [-0.05, 0) is 6.08 Å². The van der Waals surface area contributed by atoms with Crippen LogP contribution in [0.3, 0.4) is 0 Å². The van der Waals surface area contributed by atoms with Crippen LogP contribution in [0, 0.1) is 0 Å². The Morgan fingerprint density at radius 1 is 1.71 bits per heavy atom. The van der Waals surface area contributed by atoms with Crippen LogP contribution in [0.2, 0.25) is 0 Å². The molecule has 4 atom stereocenters. The van der Waals surface area contributed by atoms with Crippen LogP contribution in [0.1, 0.15) is 6.42 Å². The van der Waals surface area contributed by atoms with Gasteiger partial charge in [0.25, 0.3) is 0 Å². The van der Waals surface area contributed by atoms with Gasteiger partial charge < -0.3 is 20.1 Å². The van der Waals surface area contributed by atoms with Gasteiger partial charge >= 0.3 is 6.03 Å². The lowest BCUT2D eigenvalue weighted by Crippen LogP contribution is -2.61. The van der Waals surface area contributed by atoms with Gasteiger partial charge in [0.2, 0.25) is 5.85 Å². The summed E-state index contributed by atoms with van der Waals surface area (Å²) in [5.74, 6) is -1.87. The summed E-state index contributed by atoms with van der Waals surface area (Å²) >= 11 is 0. The molecule has 0 saturated carbocycles. The van der Waals surface area contributed by atoms with E-state index in [9.17, 15) is 15.0 Å². The molecule has 2 heterocycles. The highest BCUT2D eigenvalue weighted by atomic mass is 16.5. The Balaban J connectivity index is 2.07. The molecule has 96 valence electrons. The van der Waals surface area contributed by atoms with E-state index in [1.54, 1.807) is 0 Å². The van der Waals surface area contributed by atoms with Crippen LogP contribution in [0.15, 0.2) is 12.3 Å². The number of amides is 2. The van der Waals surface area contributed by atoms with Gasteiger partial charge in [0.05, 0.1) is 12.7 Å². The maximum Gasteiger partial charge on any atom is 0.327 e. The molecule has 8 heteroatoms. The minimum absolute atomic E-state index is 0.186. The molecule has 8 nitrogen and oxygen atoms in total. The lowest BCUT2D eigenvalue weighted by atomic mass is 10.2. The Kier molecular flexibility index (Phi) is 3.06. The second kappa shape index (κ2) is 4.24. The van der Waals surface area contributed by atoms with Crippen molar-refractivity contribution in [3.05, 3.63) is 12.3 Å². The number of nitrogens with one attached hydrogen (secondary N) is 1. The summed E-state index contributed by atoms with van der Waals surface area (Å²) < 4.78 is 5.29. The number of carbonyl (C=O) groups is 1. The molecular weight excluding hydrogens is 230 g/mol. The van der Waals surface area contributed by atoms with Gasteiger partial charge in [0.1, 0.15) is 12.3 Å². The largest absolute Gasteiger partial charge is 0.394 e.